The maximum Gasteiger partial charge on any atom is 0.471 e. The molecule has 2 amide bonds. The summed E-state index contributed by atoms with van der Waals surface area (Å²) in [4.78, 5) is 25.0. The molecule has 1 saturated heterocycles. The molecule has 1 N–H and O–H groups in total. The Morgan fingerprint density at radius 3 is 2.55 bits per heavy atom. The second-order valence-electron chi connectivity index (χ2n) is 5.18. The molecule has 1 aliphatic heterocycles. The summed E-state index contributed by atoms with van der Waals surface area (Å²) in [5.41, 5.74) is 0. The number of halogens is 3. The summed E-state index contributed by atoms with van der Waals surface area (Å²) in [6.45, 7) is 0.462. The number of amides is 2. The van der Waals surface area contributed by atoms with Crippen LogP contribution in [0.3, 0.4) is 0 Å². The molecule has 0 saturated carbocycles. The normalized spacial score (nSPS) is 16.6. The second-order valence-corrected chi connectivity index (χ2v) is 6.22. The van der Waals surface area contributed by atoms with Gasteiger partial charge in [0.25, 0.3) is 0 Å². The van der Waals surface area contributed by atoms with E-state index in [1.165, 1.54) is 4.88 Å². The summed E-state index contributed by atoms with van der Waals surface area (Å²) in [6.07, 6.45) is -3.55. The van der Waals surface area contributed by atoms with Gasteiger partial charge in [0.1, 0.15) is 0 Å². The van der Waals surface area contributed by atoms with Crippen molar-refractivity contribution in [1.82, 2.24) is 10.2 Å². The average Bonchev–Trinajstić information content (AvgIpc) is 2.99. The largest absolute Gasteiger partial charge is 0.471 e. The SMILES string of the molecule is O=C(NCCc1cccs1)C1CCN(C(=O)C(F)(F)F)CC1. The van der Waals surface area contributed by atoms with E-state index in [9.17, 15) is 22.8 Å². The van der Waals surface area contributed by atoms with Crippen molar-refractivity contribution in [3.8, 4) is 0 Å². The molecule has 1 fully saturated rings. The zero-order valence-corrected chi connectivity index (χ0v) is 12.7. The fraction of sp³-hybridized carbons (Fsp3) is 0.571. The first-order valence-electron chi connectivity index (χ1n) is 7.04. The van der Waals surface area contributed by atoms with Gasteiger partial charge in [0, 0.05) is 30.4 Å². The minimum atomic E-state index is -4.84. The Hall–Kier alpha value is -1.57. The van der Waals surface area contributed by atoms with Crippen molar-refractivity contribution >= 4 is 23.2 Å². The van der Waals surface area contributed by atoms with Crippen molar-refractivity contribution in [3.63, 3.8) is 0 Å². The zero-order valence-electron chi connectivity index (χ0n) is 11.9. The molecule has 0 radical (unpaired) electrons. The number of carbonyl (C=O) groups is 2. The lowest BCUT2D eigenvalue weighted by Crippen LogP contribution is -2.47. The topological polar surface area (TPSA) is 49.4 Å². The van der Waals surface area contributed by atoms with E-state index in [1.54, 1.807) is 11.3 Å². The first-order valence-corrected chi connectivity index (χ1v) is 7.92. The summed E-state index contributed by atoms with van der Waals surface area (Å²) >= 11 is 1.61. The second kappa shape index (κ2) is 7.13. The van der Waals surface area contributed by atoms with Crippen LogP contribution in [0, 0.1) is 5.92 Å². The Morgan fingerprint density at radius 2 is 2.00 bits per heavy atom. The molecule has 22 heavy (non-hydrogen) atoms. The maximum atomic E-state index is 12.3. The molecule has 1 aliphatic rings. The van der Waals surface area contributed by atoms with Crippen molar-refractivity contribution < 1.29 is 22.8 Å². The van der Waals surface area contributed by atoms with E-state index < -0.39 is 12.1 Å². The highest BCUT2D eigenvalue weighted by Gasteiger charge is 2.43. The van der Waals surface area contributed by atoms with Crippen LogP contribution in [-0.4, -0.2) is 42.5 Å². The lowest BCUT2D eigenvalue weighted by Gasteiger charge is -2.31. The van der Waals surface area contributed by atoms with Crippen LogP contribution >= 0.6 is 11.3 Å². The fourth-order valence-corrected chi connectivity index (χ4v) is 3.14. The van der Waals surface area contributed by atoms with Gasteiger partial charge in [-0.2, -0.15) is 13.2 Å². The molecule has 0 aromatic carbocycles. The standard InChI is InChI=1S/C14H17F3N2O2S/c15-14(16,17)13(21)19-7-4-10(5-8-19)12(20)18-6-3-11-2-1-9-22-11/h1-2,9-10H,3-8H2,(H,18,20). The van der Waals surface area contributed by atoms with E-state index in [0.29, 0.717) is 6.54 Å². The van der Waals surface area contributed by atoms with Gasteiger partial charge in [0.15, 0.2) is 0 Å². The van der Waals surface area contributed by atoms with E-state index in [-0.39, 0.29) is 37.8 Å². The van der Waals surface area contributed by atoms with Crippen LogP contribution < -0.4 is 5.32 Å². The van der Waals surface area contributed by atoms with Gasteiger partial charge in [-0.05, 0) is 30.7 Å². The third-order valence-electron chi connectivity index (χ3n) is 3.65. The highest BCUT2D eigenvalue weighted by molar-refractivity contribution is 7.09. The Kier molecular flexibility index (Phi) is 5.44. The summed E-state index contributed by atoms with van der Waals surface area (Å²) in [5.74, 6) is -2.28. The van der Waals surface area contributed by atoms with Crippen LogP contribution in [0.15, 0.2) is 17.5 Å². The van der Waals surface area contributed by atoms with Gasteiger partial charge in [0.2, 0.25) is 5.91 Å². The Morgan fingerprint density at radius 1 is 1.32 bits per heavy atom. The van der Waals surface area contributed by atoms with Crippen molar-refractivity contribution in [2.75, 3.05) is 19.6 Å². The fourth-order valence-electron chi connectivity index (χ4n) is 2.43. The van der Waals surface area contributed by atoms with E-state index in [2.05, 4.69) is 5.32 Å². The molecule has 0 spiro atoms. The van der Waals surface area contributed by atoms with Crippen molar-refractivity contribution in [2.45, 2.75) is 25.4 Å². The molecule has 1 aromatic heterocycles. The van der Waals surface area contributed by atoms with Crippen LogP contribution in [-0.2, 0) is 16.0 Å². The monoisotopic (exact) mass is 334 g/mol. The van der Waals surface area contributed by atoms with Crippen LogP contribution in [0.2, 0.25) is 0 Å². The smallest absolute Gasteiger partial charge is 0.355 e. The molecule has 0 unspecified atom stereocenters. The molecular formula is C14H17F3N2O2S. The number of nitrogens with zero attached hydrogens (tertiary/aromatic N) is 1. The number of alkyl halides is 3. The van der Waals surface area contributed by atoms with Gasteiger partial charge in [-0.1, -0.05) is 6.07 Å². The molecule has 0 bridgehead atoms. The predicted molar refractivity (Wildman–Crippen MR) is 76.4 cm³/mol. The van der Waals surface area contributed by atoms with Crippen LogP contribution in [0.5, 0.6) is 0 Å². The van der Waals surface area contributed by atoms with Gasteiger partial charge >= 0.3 is 12.1 Å². The summed E-state index contributed by atoms with van der Waals surface area (Å²) < 4.78 is 37.0. The Balaban J connectivity index is 1.72. The lowest BCUT2D eigenvalue weighted by atomic mass is 9.96. The molecular weight excluding hydrogens is 317 g/mol. The van der Waals surface area contributed by atoms with Gasteiger partial charge in [-0.3, -0.25) is 9.59 Å². The molecule has 2 heterocycles. The van der Waals surface area contributed by atoms with E-state index >= 15 is 0 Å². The van der Waals surface area contributed by atoms with E-state index in [0.717, 1.165) is 11.3 Å². The van der Waals surface area contributed by atoms with Gasteiger partial charge in [-0.15, -0.1) is 11.3 Å². The Bertz CT molecular complexity index is 509. The highest BCUT2D eigenvalue weighted by atomic mass is 32.1. The zero-order chi connectivity index (χ0) is 16.2. The number of hydrogen-bond acceptors (Lipinski definition) is 3. The number of carbonyl (C=O) groups excluding carboxylic acids is 2. The van der Waals surface area contributed by atoms with E-state index in [4.69, 9.17) is 0 Å². The van der Waals surface area contributed by atoms with Crippen molar-refractivity contribution in [1.29, 1.82) is 0 Å². The molecule has 8 heteroatoms. The number of piperidine rings is 1. The number of likely N-dealkylation sites (tertiary alicyclic amines) is 1. The summed E-state index contributed by atoms with van der Waals surface area (Å²) in [5, 5.41) is 4.77. The van der Waals surface area contributed by atoms with Gasteiger partial charge in [-0.25, -0.2) is 0 Å². The first-order chi connectivity index (χ1) is 10.4. The summed E-state index contributed by atoms with van der Waals surface area (Å²) in [6, 6.07) is 3.92. The van der Waals surface area contributed by atoms with Crippen LogP contribution in [0.4, 0.5) is 13.2 Å². The van der Waals surface area contributed by atoms with Crippen LogP contribution in [0.25, 0.3) is 0 Å². The quantitative estimate of drug-likeness (QED) is 0.918. The van der Waals surface area contributed by atoms with Crippen molar-refractivity contribution in [2.24, 2.45) is 5.92 Å². The molecule has 4 nitrogen and oxygen atoms in total. The highest BCUT2D eigenvalue weighted by Crippen LogP contribution is 2.24. The Labute approximate surface area is 130 Å². The predicted octanol–water partition coefficient (Wildman–Crippen LogP) is 2.21. The number of nitrogens with one attached hydrogen (secondary N) is 1. The van der Waals surface area contributed by atoms with E-state index in [1.807, 2.05) is 17.5 Å². The number of hydrogen-bond donors (Lipinski definition) is 1. The number of rotatable bonds is 4. The molecule has 1 aromatic rings. The van der Waals surface area contributed by atoms with Gasteiger partial charge < -0.3 is 10.2 Å². The maximum absolute atomic E-state index is 12.3. The number of thiophene rings is 1. The summed E-state index contributed by atoms with van der Waals surface area (Å²) in [7, 11) is 0. The first kappa shape index (κ1) is 16.8. The van der Waals surface area contributed by atoms with Gasteiger partial charge in [0.05, 0.1) is 0 Å². The molecule has 0 aliphatic carbocycles. The molecule has 0 atom stereocenters. The lowest BCUT2D eigenvalue weighted by molar-refractivity contribution is -0.186. The molecule has 2 rings (SSSR count). The molecule has 122 valence electrons. The third-order valence-corrected chi connectivity index (χ3v) is 4.58. The average molecular weight is 334 g/mol. The minimum Gasteiger partial charge on any atom is -0.355 e. The third kappa shape index (κ3) is 4.46. The van der Waals surface area contributed by atoms with Crippen molar-refractivity contribution in [3.05, 3.63) is 22.4 Å². The van der Waals surface area contributed by atoms with Crippen LogP contribution in [0.1, 0.15) is 17.7 Å². The minimum absolute atomic E-state index is 0.0264.